The van der Waals surface area contributed by atoms with E-state index in [-0.39, 0.29) is 30.3 Å². The molecule has 0 bridgehead atoms. The fourth-order valence-electron chi connectivity index (χ4n) is 2.74. The number of aliphatic hydroxyl groups is 4. The molecule has 0 amide bonds. The number of benzene rings is 1. The van der Waals surface area contributed by atoms with Crippen molar-refractivity contribution in [2.45, 2.75) is 30.7 Å². The van der Waals surface area contributed by atoms with Crippen molar-refractivity contribution in [3.63, 3.8) is 0 Å². The molecule has 1 aromatic rings. The molecule has 1 heterocycles. The number of phenolic OH excluding ortho intramolecular Hbond substituents is 1. The minimum Gasteiger partial charge on any atom is -0.504 e. The van der Waals surface area contributed by atoms with Crippen molar-refractivity contribution in [2.75, 3.05) is 26.9 Å². The Bertz CT molecular complexity index is 876. The van der Waals surface area contributed by atoms with Crippen molar-refractivity contribution in [1.82, 2.24) is 0 Å². The van der Waals surface area contributed by atoms with E-state index in [1.165, 1.54) is 31.4 Å². The Morgan fingerprint density at radius 2 is 2.00 bits per heavy atom. The first kappa shape index (κ1) is 25.3. The average Bonchev–Trinajstić information content (AvgIpc) is 2.80. The Morgan fingerprint density at radius 1 is 1.25 bits per heavy atom. The third kappa shape index (κ3) is 6.76. The van der Waals surface area contributed by atoms with Crippen LogP contribution < -0.4 is 4.74 Å². The number of esters is 1. The lowest BCUT2D eigenvalue weighted by Gasteiger charge is -2.39. The molecule has 2 rings (SSSR count). The molecule has 1 saturated heterocycles. The first-order valence-corrected chi connectivity index (χ1v) is 9.53. The van der Waals surface area contributed by atoms with E-state index in [1.54, 1.807) is 6.07 Å². The van der Waals surface area contributed by atoms with Crippen LogP contribution in [0.15, 0.2) is 35.9 Å². The van der Waals surface area contributed by atoms with E-state index in [9.17, 15) is 25.2 Å². The van der Waals surface area contributed by atoms with Gasteiger partial charge in [-0.25, -0.2) is 4.79 Å². The fourth-order valence-corrected chi connectivity index (χ4v) is 2.74. The normalized spacial score (nSPS) is 26.0. The van der Waals surface area contributed by atoms with Crippen LogP contribution in [0.1, 0.15) is 5.56 Å². The monoisotopic (exact) mass is 451 g/mol. The summed E-state index contributed by atoms with van der Waals surface area (Å²) in [6.07, 6.45) is -3.21. The lowest BCUT2D eigenvalue weighted by molar-refractivity contribution is -0.298. The van der Waals surface area contributed by atoms with Gasteiger partial charge in [-0.05, 0) is 29.8 Å². The van der Waals surface area contributed by atoms with E-state index in [0.717, 1.165) is 6.08 Å². The molecular formula is C21H25NO10. The molecule has 1 aliphatic heterocycles. The molecule has 0 radical (unpaired) electrons. The standard InChI is InChI=1S/C21H25NO10/c1-29-15-8-12(2-4-14(15)24)3-5-17(25)31-11-13(9-22)6-7-30-21-20(28)19(27)18(26)16(10-23)32-21/h2-6,8,16,18-21,23-24,26-28H,7,10-11H2,1H3/t16-,18-,19+,20-,21-/m1/s1. The highest BCUT2D eigenvalue weighted by atomic mass is 16.7. The number of hydrogen-bond acceptors (Lipinski definition) is 11. The maximum Gasteiger partial charge on any atom is 0.331 e. The summed E-state index contributed by atoms with van der Waals surface area (Å²) in [7, 11) is 1.40. The molecule has 32 heavy (non-hydrogen) atoms. The number of phenols is 1. The van der Waals surface area contributed by atoms with Crippen LogP contribution in [0.5, 0.6) is 11.5 Å². The quantitative estimate of drug-likeness (QED) is 0.181. The summed E-state index contributed by atoms with van der Waals surface area (Å²) in [5, 5.41) is 57.2. The second kappa shape index (κ2) is 12.2. The van der Waals surface area contributed by atoms with Gasteiger partial charge in [0.25, 0.3) is 0 Å². The molecule has 5 atom stereocenters. The van der Waals surface area contributed by atoms with Gasteiger partial charge in [-0.3, -0.25) is 0 Å². The molecule has 0 saturated carbocycles. The van der Waals surface area contributed by atoms with Crippen LogP contribution in [-0.4, -0.2) is 89.1 Å². The van der Waals surface area contributed by atoms with E-state index in [2.05, 4.69) is 0 Å². The highest BCUT2D eigenvalue weighted by Crippen LogP contribution is 2.26. The van der Waals surface area contributed by atoms with Crippen LogP contribution in [0.4, 0.5) is 0 Å². The van der Waals surface area contributed by atoms with Crippen LogP contribution in [0.2, 0.25) is 0 Å². The molecule has 0 aliphatic carbocycles. The number of aliphatic hydroxyl groups excluding tert-OH is 4. The van der Waals surface area contributed by atoms with Gasteiger partial charge in [0.15, 0.2) is 17.8 Å². The minimum atomic E-state index is -1.58. The third-order valence-corrected chi connectivity index (χ3v) is 4.57. The molecule has 11 heteroatoms. The fraction of sp³-hybridized carbons (Fsp3) is 0.429. The van der Waals surface area contributed by atoms with Gasteiger partial charge in [0.1, 0.15) is 31.0 Å². The maximum atomic E-state index is 11.9. The van der Waals surface area contributed by atoms with Crippen molar-refractivity contribution in [3.8, 4) is 17.6 Å². The molecule has 1 aliphatic rings. The van der Waals surface area contributed by atoms with Crippen LogP contribution >= 0.6 is 0 Å². The zero-order valence-corrected chi connectivity index (χ0v) is 17.2. The van der Waals surface area contributed by atoms with Crippen molar-refractivity contribution >= 4 is 12.0 Å². The highest BCUT2D eigenvalue weighted by molar-refractivity contribution is 5.87. The maximum absolute atomic E-state index is 11.9. The third-order valence-electron chi connectivity index (χ3n) is 4.57. The summed E-state index contributed by atoms with van der Waals surface area (Å²) >= 11 is 0. The van der Waals surface area contributed by atoms with Gasteiger partial charge < -0.3 is 44.5 Å². The van der Waals surface area contributed by atoms with Gasteiger partial charge in [0, 0.05) is 6.08 Å². The number of ether oxygens (including phenoxy) is 4. The first-order valence-electron chi connectivity index (χ1n) is 9.53. The molecule has 0 unspecified atom stereocenters. The van der Waals surface area contributed by atoms with E-state index >= 15 is 0 Å². The Labute approximate surface area is 183 Å². The SMILES string of the molecule is COc1cc(C=CC(=O)OCC(C#N)=CCO[C@@H]2O[C@H](CO)[C@@H](O)[C@H](O)[C@H]2O)ccc1O. The summed E-state index contributed by atoms with van der Waals surface area (Å²) in [5.74, 6) is -0.510. The van der Waals surface area contributed by atoms with E-state index in [1.807, 2.05) is 6.07 Å². The molecule has 5 N–H and O–H groups in total. The number of aromatic hydroxyl groups is 1. The zero-order valence-electron chi connectivity index (χ0n) is 17.2. The smallest absolute Gasteiger partial charge is 0.331 e. The van der Waals surface area contributed by atoms with Crippen LogP contribution in [0, 0.1) is 11.3 Å². The molecule has 174 valence electrons. The van der Waals surface area contributed by atoms with Gasteiger partial charge in [0.2, 0.25) is 0 Å². The summed E-state index contributed by atoms with van der Waals surface area (Å²) in [6.45, 7) is -1.16. The Hall–Kier alpha value is -2.98. The number of carbonyl (C=O) groups is 1. The molecule has 11 nitrogen and oxygen atoms in total. The van der Waals surface area contributed by atoms with Gasteiger partial charge in [-0.2, -0.15) is 5.26 Å². The molecule has 1 fully saturated rings. The predicted molar refractivity (Wildman–Crippen MR) is 108 cm³/mol. The molecule has 0 spiro atoms. The predicted octanol–water partition coefficient (Wildman–Crippen LogP) is -0.776. The number of rotatable bonds is 9. The number of carbonyl (C=O) groups excluding carboxylic acids is 1. The van der Waals surface area contributed by atoms with E-state index in [0.29, 0.717) is 5.56 Å². The minimum absolute atomic E-state index is 0.0399. The van der Waals surface area contributed by atoms with Crippen molar-refractivity contribution in [1.29, 1.82) is 5.26 Å². The lowest BCUT2D eigenvalue weighted by Crippen LogP contribution is -2.59. The van der Waals surface area contributed by atoms with E-state index in [4.69, 9.17) is 29.3 Å². The molecular weight excluding hydrogens is 426 g/mol. The van der Waals surface area contributed by atoms with Gasteiger partial charge in [-0.1, -0.05) is 6.07 Å². The Kier molecular flexibility index (Phi) is 9.61. The van der Waals surface area contributed by atoms with Gasteiger partial charge in [0.05, 0.1) is 32.0 Å². The van der Waals surface area contributed by atoms with Crippen LogP contribution in [-0.2, 0) is 19.0 Å². The summed E-state index contributed by atoms with van der Waals surface area (Å²) < 4.78 is 20.4. The number of nitriles is 1. The van der Waals surface area contributed by atoms with Crippen molar-refractivity contribution in [2.24, 2.45) is 0 Å². The average molecular weight is 451 g/mol. The van der Waals surface area contributed by atoms with E-state index < -0.39 is 43.3 Å². The summed E-state index contributed by atoms with van der Waals surface area (Å²) in [5.41, 5.74) is 0.642. The largest absolute Gasteiger partial charge is 0.504 e. The second-order valence-electron chi connectivity index (χ2n) is 6.74. The van der Waals surface area contributed by atoms with Gasteiger partial charge in [-0.15, -0.1) is 0 Å². The number of methoxy groups -OCH3 is 1. The summed E-state index contributed by atoms with van der Waals surface area (Å²) in [6, 6.07) is 6.34. The Morgan fingerprint density at radius 3 is 2.66 bits per heavy atom. The topological polar surface area (TPSA) is 179 Å². The molecule has 0 aromatic heterocycles. The number of nitrogens with zero attached hydrogens (tertiary/aromatic N) is 1. The highest BCUT2D eigenvalue weighted by Gasteiger charge is 2.43. The van der Waals surface area contributed by atoms with Crippen molar-refractivity contribution in [3.05, 3.63) is 41.5 Å². The van der Waals surface area contributed by atoms with Crippen LogP contribution in [0.25, 0.3) is 6.08 Å². The Balaban J connectivity index is 1.85. The zero-order chi connectivity index (χ0) is 23.7. The first-order chi connectivity index (χ1) is 15.3. The second-order valence-corrected chi connectivity index (χ2v) is 6.74. The number of hydrogen-bond donors (Lipinski definition) is 5. The summed E-state index contributed by atoms with van der Waals surface area (Å²) in [4.78, 5) is 11.9. The van der Waals surface area contributed by atoms with Gasteiger partial charge >= 0.3 is 5.97 Å². The van der Waals surface area contributed by atoms with Crippen molar-refractivity contribution < 1.29 is 49.3 Å². The lowest BCUT2D eigenvalue weighted by atomic mass is 9.99. The van der Waals surface area contributed by atoms with Crippen LogP contribution in [0.3, 0.4) is 0 Å². The molecule has 1 aromatic carbocycles.